The lowest BCUT2D eigenvalue weighted by atomic mass is 10.2. The summed E-state index contributed by atoms with van der Waals surface area (Å²) in [5, 5.41) is 4.84. The van der Waals surface area contributed by atoms with Gasteiger partial charge >= 0.3 is 0 Å². The quantitative estimate of drug-likeness (QED) is 0.461. The van der Waals surface area contributed by atoms with Gasteiger partial charge in [-0.15, -0.1) is 0 Å². The summed E-state index contributed by atoms with van der Waals surface area (Å²) in [4.78, 5) is 0. The highest BCUT2D eigenvalue weighted by atomic mass is 79.9. The third kappa shape index (κ3) is 3.59. The van der Waals surface area contributed by atoms with Crippen molar-refractivity contribution < 1.29 is 4.42 Å². The van der Waals surface area contributed by atoms with E-state index in [1.807, 2.05) is 48.5 Å². The van der Waals surface area contributed by atoms with E-state index in [2.05, 4.69) is 26.5 Å². The number of halogens is 2. The van der Waals surface area contributed by atoms with Crippen molar-refractivity contribution in [1.29, 1.82) is 0 Å². The Bertz CT molecular complexity index is 796. The van der Waals surface area contributed by atoms with Gasteiger partial charge in [0.15, 0.2) is 0 Å². The van der Waals surface area contributed by atoms with Crippen LogP contribution in [0.5, 0.6) is 0 Å². The fourth-order valence-electron chi connectivity index (χ4n) is 1.92. The van der Waals surface area contributed by atoms with Gasteiger partial charge in [0.05, 0.1) is 11.9 Å². The lowest BCUT2D eigenvalue weighted by molar-refractivity contribution is 0.575. The molecule has 0 atom stereocenters. The minimum Gasteiger partial charge on any atom is -0.455 e. The molecule has 1 aromatic heterocycles. The highest BCUT2D eigenvalue weighted by Gasteiger charge is 2.06. The van der Waals surface area contributed by atoms with Crippen molar-refractivity contribution in [1.82, 2.24) is 0 Å². The first-order valence-corrected chi connectivity index (χ1v) is 7.79. The summed E-state index contributed by atoms with van der Waals surface area (Å²) in [5.74, 6) is 1.47. The van der Waals surface area contributed by atoms with Gasteiger partial charge in [0, 0.05) is 15.1 Å². The van der Waals surface area contributed by atoms with E-state index in [1.165, 1.54) is 0 Å². The predicted molar refractivity (Wildman–Crippen MR) is 94.5 cm³/mol. The third-order valence-electron chi connectivity index (χ3n) is 3.00. The Hall–Kier alpha value is -2.04. The molecule has 0 unspecified atom stereocenters. The Morgan fingerprint density at radius 3 is 2.55 bits per heavy atom. The molecule has 0 saturated carbocycles. The maximum absolute atomic E-state index is 5.83. The Morgan fingerprint density at radius 1 is 1.00 bits per heavy atom. The van der Waals surface area contributed by atoms with Gasteiger partial charge in [-0.2, -0.15) is 5.10 Å². The number of hydrogen-bond acceptors (Lipinski definition) is 3. The zero-order chi connectivity index (χ0) is 15.4. The van der Waals surface area contributed by atoms with Crippen LogP contribution in [0, 0.1) is 0 Å². The molecule has 0 spiro atoms. The Kier molecular flexibility index (Phi) is 4.61. The number of hydrogen-bond donors (Lipinski definition) is 1. The average Bonchev–Trinajstić information content (AvgIpc) is 2.98. The van der Waals surface area contributed by atoms with E-state index >= 15 is 0 Å². The van der Waals surface area contributed by atoms with Crippen LogP contribution < -0.4 is 5.43 Å². The minimum absolute atomic E-state index is 0.673. The van der Waals surface area contributed by atoms with Gasteiger partial charge in [0.1, 0.15) is 11.5 Å². The average molecular weight is 376 g/mol. The molecule has 0 aliphatic heterocycles. The van der Waals surface area contributed by atoms with Gasteiger partial charge in [-0.05, 0) is 42.5 Å². The van der Waals surface area contributed by atoms with E-state index in [0.717, 1.165) is 21.5 Å². The summed E-state index contributed by atoms with van der Waals surface area (Å²) in [6.45, 7) is 0. The van der Waals surface area contributed by atoms with Crippen molar-refractivity contribution >= 4 is 39.4 Å². The monoisotopic (exact) mass is 374 g/mol. The van der Waals surface area contributed by atoms with Crippen molar-refractivity contribution in [2.24, 2.45) is 5.10 Å². The minimum atomic E-state index is 0.673. The van der Waals surface area contributed by atoms with Crippen LogP contribution in [-0.4, -0.2) is 6.21 Å². The summed E-state index contributed by atoms with van der Waals surface area (Å²) >= 11 is 9.34. The first-order chi connectivity index (χ1) is 10.7. The van der Waals surface area contributed by atoms with Crippen molar-refractivity contribution in [3.05, 3.63) is 75.9 Å². The van der Waals surface area contributed by atoms with Gasteiger partial charge in [-0.1, -0.05) is 45.7 Å². The second-order valence-electron chi connectivity index (χ2n) is 4.56. The van der Waals surface area contributed by atoms with Gasteiger partial charge in [-0.3, -0.25) is 5.43 Å². The Balaban J connectivity index is 1.70. The topological polar surface area (TPSA) is 37.5 Å². The van der Waals surface area contributed by atoms with Crippen molar-refractivity contribution in [3.63, 3.8) is 0 Å². The molecule has 110 valence electrons. The van der Waals surface area contributed by atoms with Gasteiger partial charge in [0.2, 0.25) is 0 Å². The molecular weight excluding hydrogens is 364 g/mol. The molecule has 3 rings (SSSR count). The summed E-state index contributed by atoms with van der Waals surface area (Å²) in [6.07, 6.45) is 1.63. The van der Waals surface area contributed by atoms with E-state index in [4.69, 9.17) is 16.0 Å². The van der Waals surface area contributed by atoms with Crippen LogP contribution in [0.25, 0.3) is 11.3 Å². The Morgan fingerprint density at radius 2 is 1.77 bits per heavy atom. The van der Waals surface area contributed by atoms with E-state index < -0.39 is 0 Å². The van der Waals surface area contributed by atoms with Crippen LogP contribution >= 0.6 is 27.5 Å². The predicted octanol–water partition coefficient (Wildman–Crippen LogP) is 5.81. The smallest absolute Gasteiger partial charge is 0.147 e. The molecule has 3 nitrogen and oxygen atoms in total. The van der Waals surface area contributed by atoms with Crippen molar-refractivity contribution in [2.45, 2.75) is 0 Å². The SMILES string of the molecule is Clc1ccc(NN=Cc2ccc(-c3ccccc3Br)o2)cc1. The summed E-state index contributed by atoms with van der Waals surface area (Å²) in [7, 11) is 0. The van der Waals surface area contributed by atoms with Crippen LogP contribution in [0.4, 0.5) is 5.69 Å². The van der Waals surface area contributed by atoms with Crippen LogP contribution in [0.3, 0.4) is 0 Å². The number of nitrogens with zero attached hydrogens (tertiary/aromatic N) is 1. The van der Waals surface area contributed by atoms with Crippen LogP contribution in [-0.2, 0) is 0 Å². The van der Waals surface area contributed by atoms with E-state index in [9.17, 15) is 0 Å². The van der Waals surface area contributed by atoms with Crippen molar-refractivity contribution in [2.75, 3.05) is 5.43 Å². The molecule has 5 heteroatoms. The van der Waals surface area contributed by atoms with E-state index in [0.29, 0.717) is 10.8 Å². The molecule has 1 N–H and O–H groups in total. The number of furan rings is 1. The van der Waals surface area contributed by atoms with Gasteiger partial charge in [0.25, 0.3) is 0 Å². The molecule has 0 radical (unpaired) electrons. The summed E-state index contributed by atoms with van der Waals surface area (Å²) in [6, 6.07) is 19.0. The largest absolute Gasteiger partial charge is 0.455 e. The highest BCUT2D eigenvalue weighted by Crippen LogP contribution is 2.28. The fraction of sp³-hybridized carbons (Fsp3) is 0. The van der Waals surface area contributed by atoms with Gasteiger partial charge < -0.3 is 4.42 Å². The lowest BCUT2D eigenvalue weighted by Gasteiger charge is -2.00. The zero-order valence-electron chi connectivity index (χ0n) is 11.5. The van der Waals surface area contributed by atoms with Gasteiger partial charge in [-0.25, -0.2) is 0 Å². The number of rotatable bonds is 4. The molecule has 0 aliphatic rings. The maximum Gasteiger partial charge on any atom is 0.147 e. The molecule has 0 aliphatic carbocycles. The second kappa shape index (κ2) is 6.81. The van der Waals surface area contributed by atoms with Crippen LogP contribution in [0.1, 0.15) is 5.76 Å². The second-order valence-corrected chi connectivity index (χ2v) is 5.85. The fourth-order valence-corrected chi connectivity index (χ4v) is 2.53. The van der Waals surface area contributed by atoms with E-state index in [-0.39, 0.29) is 0 Å². The molecular formula is C17H12BrClN2O. The molecule has 0 amide bonds. The number of nitrogens with one attached hydrogen (secondary N) is 1. The highest BCUT2D eigenvalue weighted by molar-refractivity contribution is 9.10. The molecule has 0 fully saturated rings. The molecule has 2 aromatic carbocycles. The third-order valence-corrected chi connectivity index (χ3v) is 3.94. The number of benzene rings is 2. The lowest BCUT2D eigenvalue weighted by Crippen LogP contribution is -1.88. The zero-order valence-corrected chi connectivity index (χ0v) is 13.8. The maximum atomic E-state index is 5.83. The Labute approximate surface area is 141 Å². The molecule has 0 bridgehead atoms. The molecule has 1 heterocycles. The first-order valence-electron chi connectivity index (χ1n) is 6.62. The molecule has 3 aromatic rings. The van der Waals surface area contributed by atoms with Crippen LogP contribution in [0.2, 0.25) is 5.02 Å². The molecule has 22 heavy (non-hydrogen) atoms. The van der Waals surface area contributed by atoms with Crippen molar-refractivity contribution in [3.8, 4) is 11.3 Å². The first kappa shape index (κ1) is 14.9. The van der Waals surface area contributed by atoms with E-state index in [1.54, 1.807) is 18.3 Å². The number of anilines is 1. The van der Waals surface area contributed by atoms with Crippen LogP contribution in [0.15, 0.2) is 74.7 Å². The number of hydrazone groups is 1. The normalized spacial score (nSPS) is 11.0. The summed E-state index contributed by atoms with van der Waals surface area (Å²) < 4.78 is 6.76. The summed E-state index contributed by atoms with van der Waals surface area (Å²) in [5.41, 5.74) is 4.79. The molecule has 0 saturated heterocycles. The standard InChI is InChI=1S/C17H12BrClN2O/c18-16-4-2-1-3-15(16)17-10-9-14(22-17)11-20-21-13-7-5-12(19)6-8-13/h1-11,21H.